The molecule has 2 rings (SSSR count). The van der Waals surface area contributed by atoms with Gasteiger partial charge in [0.25, 0.3) is 0 Å². The van der Waals surface area contributed by atoms with Crippen molar-refractivity contribution in [1.29, 1.82) is 0 Å². The van der Waals surface area contributed by atoms with Gasteiger partial charge in [0.1, 0.15) is 18.2 Å². The highest BCUT2D eigenvalue weighted by atomic mass is 32.1. The summed E-state index contributed by atoms with van der Waals surface area (Å²) >= 11 is 5.03. The minimum atomic E-state index is -0.720. The summed E-state index contributed by atoms with van der Waals surface area (Å²) in [4.78, 5) is 3.89. The Balaban J connectivity index is 2.26. The molecule has 5 nitrogen and oxygen atoms in total. The molecule has 0 bridgehead atoms. The van der Waals surface area contributed by atoms with E-state index in [0.29, 0.717) is 10.5 Å². The molecule has 0 amide bonds. The van der Waals surface area contributed by atoms with E-state index in [2.05, 4.69) is 10.1 Å². The highest BCUT2D eigenvalue weighted by Gasteiger charge is 2.20. The largest absolute Gasteiger partial charge is 0.466 e. The highest BCUT2D eigenvalue weighted by Crippen LogP contribution is 2.19. The van der Waals surface area contributed by atoms with Crippen molar-refractivity contribution in [2.45, 2.75) is 19.3 Å². The average molecular weight is 251 g/mol. The van der Waals surface area contributed by atoms with Crippen molar-refractivity contribution in [3.63, 3.8) is 0 Å². The summed E-state index contributed by atoms with van der Waals surface area (Å²) in [6, 6.07) is 9.25. The van der Waals surface area contributed by atoms with E-state index < -0.39 is 12.3 Å². The summed E-state index contributed by atoms with van der Waals surface area (Å²) in [5.74, 6) is 0.662. The Morgan fingerprint density at radius 1 is 1.41 bits per heavy atom. The summed E-state index contributed by atoms with van der Waals surface area (Å²) < 4.78 is 7.52. The average Bonchev–Trinajstić information content (AvgIpc) is 2.73. The third kappa shape index (κ3) is 2.72. The normalized spacial score (nSPS) is 14.2. The number of hydrogen-bond acceptors (Lipinski definition) is 4. The first-order chi connectivity index (χ1) is 8.18. The summed E-state index contributed by atoms with van der Waals surface area (Å²) in [5.41, 5.74) is 0. The highest BCUT2D eigenvalue weighted by molar-refractivity contribution is 7.71. The Bertz CT molecular complexity index is 521. The van der Waals surface area contributed by atoms with Crippen LogP contribution in [0.3, 0.4) is 0 Å². The fourth-order valence-electron chi connectivity index (χ4n) is 1.45. The molecule has 0 fully saturated rings. The first-order valence-electron chi connectivity index (χ1n) is 5.20. The van der Waals surface area contributed by atoms with Gasteiger partial charge < -0.3 is 9.84 Å². The molecule has 90 valence electrons. The number of benzene rings is 1. The van der Waals surface area contributed by atoms with Crippen molar-refractivity contribution in [2.75, 3.05) is 0 Å². The van der Waals surface area contributed by atoms with Gasteiger partial charge in [0.2, 0.25) is 11.0 Å². The van der Waals surface area contributed by atoms with E-state index in [4.69, 9.17) is 17.0 Å². The van der Waals surface area contributed by atoms with E-state index in [1.54, 1.807) is 6.92 Å². The van der Waals surface area contributed by atoms with E-state index in [1.165, 1.54) is 11.0 Å². The lowest BCUT2D eigenvalue weighted by atomic mass is 10.3. The quantitative estimate of drug-likeness (QED) is 0.815. The van der Waals surface area contributed by atoms with Gasteiger partial charge in [-0.05, 0) is 31.3 Å². The number of rotatable bonds is 4. The van der Waals surface area contributed by atoms with Crippen LogP contribution < -0.4 is 4.74 Å². The first kappa shape index (κ1) is 11.8. The van der Waals surface area contributed by atoms with E-state index in [9.17, 15) is 5.11 Å². The Kier molecular flexibility index (Phi) is 3.55. The Morgan fingerprint density at radius 2 is 2.12 bits per heavy atom. The molecule has 2 aromatic rings. The Hall–Kier alpha value is -1.66. The SMILES string of the molecule is CC(O)C(Oc1ccccc1)n1[nH]cnc1=S. The second-order valence-corrected chi connectivity index (χ2v) is 3.97. The molecule has 0 radical (unpaired) electrons. The lowest BCUT2D eigenvalue weighted by molar-refractivity contribution is -0.00777. The molecule has 17 heavy (non-hydrogen) atoms. The topological polar surface area (TPSA) is 63.1 Å². The zero-order valence-electron chi connectivity index (χ0n) is 9.28. The van der Waals surface area contributed by atoms with E-state index in [1.807, 2.05) is 30.3 Å². The second-order valence-electron chi connectivity index (χ2n) is 3.60. The van der Waals surface area contributed by atoms with Crippen LogP contribution in [0.25, 0.3) is 0 Å². The fourth-order valence-corrected chi connectivity index (χ4v) is 1.66. The van der Waals surface area contributed by atoms with Crippen LogP contribution in [0.5, 0.6) is 5.75 Å². The number of aromatic nitrogens is 3. The molecular formula is C11H13N3O2S. The molecule has 0 spiro atoms. The predicted molar refractivity (Wildman–Crippen MR) is 65.2 cm³/mol. The number of hydrogen-bond donors (Lipinski definition) is 2. The molecule has 0 aliphatic carbocycles. The summed E-state index contributed by atoms with van der Waals surface area (Å²) in [7, 11) is 0. The number of aromatic amines is 1. The molecule has 2 atom stereocenters. The van der Waals surface area contributed by atoms with Crippen LogP contribution in [0, 0.1) is 4.77 Å². The molecule has 0 aliphatic heterocycles. The van der Waals surface area contributed by atoms with Gasteiger partial charge in [0.05, 0.1) is 0 Å². The predicted octanol–water partition coefficient (Wildman–Crippen LogP) is 1.90. The standard InChI is InChI=1S/C11H13N3O2S/c1-8(15)10(14-11(17)12-7-13-14)16-9-5-3-2-4-6-9/h2-8,10,15H,1H3,(H,12,13,17). The molecule has 0 saturated heterocycles. The molecule has 6 heteroatoms. The molecule has 1 aromatic heterocycles. The molecule has 1 aromatic carbocycles. The van der Waals surface area contributed by atoms with Gasteiger partial charge in [-0.25, -0.2) is 9.67 Å². The third-order valence-corrected chi connectivity index (χ3v) is 2.55. The Morgan fingerprint density at radius 3 is 2.65 bits per heavy atom. The molecule has 2 N–H and O–H groups in total. The van der Waals surface area contributed by atoms with Crippen molar-refractivity contribution in [1.82, 2.24) is 14.8 Å². The minimum Gasteiger partial charge on any atom is -0.466 e. The van der Waals surface area contributed by atoms with E-state index >= 15 is 0 Å². The number of para-hydroxylation sites is 1. The van der Waals surface area contributed by atoms with Crippen LogP contribution in [-0.2, 0) is 0 Å². The van der Waals surface area contributed by atoms with Crippen LogP contribution in [0.2, 0.25) is 0 Å². The Labute approximate surface area is 104 Å². The molecule has 0 aliphatic rings. The second kappa shape index (κ2) is 5.11. The number of nitrogens with one attached hydrogen (secondary N) is 1. The monoisotopic (exact) mass is 251 g/mol. The lowest BCUT2D eigenvalue weighted by Gasteiger charge is -2.22. The van der Waals surface area contributed by atoms with Gasteiger partial charge in [-0.1, -0.05) is 18.2 Å². The molecule has 1 heterocycles. The number of aliphatic hydroxyl groups excluding tert-OH is 1. The maximum Gasteiger partial charge on any atom is 0.219 e. The van der Waals surface area contributed by atoms with Crippen molar-refractivity contribution in [3.8, 4) is 5.75 Å². The number of aliphatic hydroxyl groups is 1. The van der Waals surface area contributed by atoms with Gasteiger partial charge >= 0.3 is 0 Å². The van der Waals surface area contributed by atoms with Gasteiger partial charge in [-0.2, -0.15) is 0 Å². The van der Waals surface area contributed by atoms with Crippen molar-refractivity contribution in [3.05, 3.63) is 41.4 Å². The smallest absolute Gasteiger partial charge is 0.219 e. The number of H-pyrrole nitrogens is 1. The van der Waals surface area contributed by atoms with Crippen LogP contribution >= 0.6 is 12.2 Å². The van der Waals surface area contributed by atoms with E-state index in [-0.39, 0.29) is 0 Å². The molecular weight excluding hydrogens is 238 g/mol. The van der Waals surface area contributed by atoms with Gasteiger partial charge in [-0.15, -0.1) is 0 Å². The summed E-state index contributed by atoms with van der Waals surface area (Å²) in [6.45, 7) is 1.64. The van der Waals surface area contributed by atoms with Gasteiger partial charge in [0.15, 0.2) is 0 Å². The van der Waals surface area contributed by atoms with Crippen molar-refractivity contribution < 1.29 is 9.84 Å². The van der Waals surface area contributed by atoms with Crippen molar-refractivity contribution in [2.24, 2.45) is 0 Å². The number of ether oxygens (including phenoxy) is 1. The van der Waals surface area contributed by atoms with Crippen LogP contribution in [0.4, 0.5) is 0 Å². The van der Waals surface area contributed by atoms with Gasteiger partial charge in [-0.3, -0.25) is 5.10 Å². The molecule has 0 saturated carbocycles. The molecule has 2 unspecified atom stereocenters. The third-order valence-electron chi connectivity index (χ3n) is 2.25. The lowest BCUT2D eigenvalue weighted by Crippen LogP contribution is -2.28. The zero-order chi connectivity index (χ0) is 12.3. The maximum absolute atomic E-state index is 9.73. The van der Waals surface area contributed by atoms with E-state index in [0.717, 1.165) is 0 Å². The summed E-state index contributed by atoms with van der Waals surface area (Å²) in [5, 5.41) is 12.6. The van der Waals surface area contributed by atoms with Crippen molar-refractivity contribution >= 4 is 12.2 Å². The fraction of sp³-hybridized carbons (Fsp3) is 0.273. The number of nitrogens with zero attached hydrogens (tertiary/aromatic N) is 2. The minimum absolute atomic E-state index is 0.340. The van der Waals surface area contributed by atoms with Crippen LogP contribution in [0.1, 0.15) is 13.2 Å². The van der Waals surface area contributed by atoms with Crippen LogP contribution in [0.15, 0.2) is 36.7 Å². The first-order valence-corrected chi connectivity index (χ1v) is 5.61. The summed E-state index contributed by atoms with van der Waals surface area (Å²) in [6.07, 6.45) is 0.126. The maximum atomic E-state index is 9.73. The van der Waals surface area contributed by atoms with Crippen LogP contribution in [-0.4, -0.2) is 26.0 Å². The zero-order valence-corrected chi connectivity index (χ0v) is 10.1. The van der Waals surface area contributed by atoms with Gasteiger partial charge in [0, 0.05) is 0 Å².